The van der Waals surface area contributed by atoms with Crippen molar-refractivity contribution in [2.45, 2.75) is 0 Å². The highest BCUT2D eigenvalue weighted by Gasteiger charge is 2.16. The molecule has 10 heteroatoms. The predicted octanol–water partition coefficient (Wildman–Crippen LogP) is 3.49. The number of halogens is 1. The SMILES string of the molecule is O=C(c1ccccc1Cl)c1cccnc1/C=C(\O)c1ccncc1.O=P(O)(O)O. The summed E-state index contributed by atoms with van der Waals surface area (Å²) in [4.78, 5) is 42.4. The normalized spacial score (nSPS) is 11.4. The van der Waals surface area contributed by atoms with E-state index in [9.17, 15) is 9.90 Å². The third-order valence-electron chi connectivity index (χ3n) is 3.45. The average molecular weight is 435 g/mol. The van der Waals surface area contributed by atoms with Crippen LogP contribution in [0.2, 0.25) is 5.02 Å². The molecule has 0 aliphatic carbocycles. The largest absolute Gasteiger partial charge is 0.507 e. The molecule has 29 heavy (non-hydrogen) atoms. The number of aliphatic hydroxyl groups excluding tert-OH is 1. The highest BCUT2D eigenvalue weighted by Crippen LogP contribution is 2.26. The molecule has 0 bridgehead atoms. The van der Waals surface area contributed by atoms with Crippen LogP contribution in [0.15, 0.2) is 67.1 Å². The number of phosphoric acid groups is 1. The topological polar surface area (TPSA) is 141 Å². The van der Waals surface area contributed by atoms with Gasteiger partial charge in [0.2, 0.25) is 0 Å². The highest BCUT2D eigenvalue weighted by atomic mass is 35.5. The maximum atomic E-state index is 12.8. The fourth-order valence-corrected chi connectivity index (χ4v) is 2.47. The Bertz CT molecular complexity index is 1060. The molecule has 0 saturated heterocycles. The molecule has 150 valence electrons. The Morgan fingerprint density at radius 1 is 0.931 bits per heavy atom. The summed E-state index contributed by atoms with van der Waals surface area (Å²) < 4.78 is 8.88. The summed E-state index contributed by atoms with van der Waals surface area (Å²) in [5.74, 6) is -0.244. The van der Waals surface area contributed by atoms with Crippen LogP contribution in [0.5, 0.6) is 0 Å². The van der Waals surface area contributed by atoms with Crippen molar-refractivity contribution >= 4 is 37.0 Å². The van der Waals surface area contributed by atoms with E-state index >= 15 is 0 Å². The molecule has 0 amide bonds. The van der Waals surface area contributed by atoms with Crippen LogP contribution in [0.1, 0.15) is 27.2 Å². The van der Waals surface area contributed by atoms with Gasteiger partial charge in [-0.05, 0) is 36.4 Å². The summed E-state index contributed by atoms with van der Waals surface area (Å²) in [5.41, 5.74) is 1.72. The molecule has 3 rings (SSSR count). The number of aliphatic hydroxyl groups is 1. The van der Waals surface area contributed by atoms with E-state index in [0.717, 1.165) is 0 Å². The Hall–Kier alpha value is -2.87. The molecule has 1 aromatic carbocycles. The first kappa shape index (κ1) is 22.4. The Labute approximate surface area is 171 Å². The van der Waals surface area contributed by atoms with Gasteiger partial charge in [-0.25, -0.2) is 4.57 Å². The highest BCUT2D eigenvalue weighted by molar-refractivity contribution is 7.45. The standard InChI is InChI=1S/C19H13ClN2O2.H3O4P/c20-16-6-2-1-4-14(16)19(24)15-5-3-9-22-17(15)12-18(23)13-7-10-21-11-8-13;1-5(2,3)4/h1-12,23H;(H3,1,2,3,4)/b18-12-;. The van der Waals surface area contributed by atoms with Crippen LogP contribution in [-0.4, -0.2) is 35.5 Å². The zero-order valence-electron chi connectivity index (χ0n) is 14.8. The minimum absolute atomic E-state index is 0.00399. The zero-order chi connectivity index (χ0) is 21.4. The lowest BCUT2D eigenvalue weighted by Gasteiger charge is -2.07. The average Bonchev–Trinajstić information content (AvgIpc) is 2.68. The summed E-state index contributed by atoms with van der Waals surface area (Å²) in [6, 6.07) is 13.5. The number of nitrogens with zero attached hydrogens (tertiary/aromatic N) is 2. The lowest BCUT2D eigenvalue weighted by atomic mass is 10.0. The first-order valence-electron chi connectivity index (χ1n) is 8.00. The second-order valence-electron chi connectivity index (χ2n) is 5.52. The molecule has 0 spiro atoms. The molecule has 8 nitrogen and oxygen atoms in total. The van der Waals surface area contributed by atoms with Crippen LogP contribution in [0, 0.1) is 0 Å². The molecule has 2 aromatic heterocycles. The lowest BCUT2D eigenvalue weighted by Crippen LogP contribution is -2.05. The number of pyridine rings is 2. The number of aromatic nitrogens is 2. The van der Waals surface area contributed by atoms with Crippen molar-refractivity contribution in [1.82, 2.24) is 9.97 Å². The molecule has 0 aliphatic heterocycles. The summed E-state index contributed by atoms with van der Waals surface area (Å²) in [6.45, 7) is 0. The van der Waals surface area contributed by atoms with E-state index < -0.39 is 7.82 Å². The molecule has 0 fully saturated rings. The second kappa shape index (κ2) is 10.1. The van der Waals surface area contributed by atoms with Gasteiger partial charge in [0.15, 0.2) is 5.78 Å². The van der Waals surface area contributed by atoms with E-state index in [-0.39, 0.29) is 11.5 Å². The number of hydrogen-bond acceptors (Lipinski definition) is 5. The fraction of sp³-hybridized carbons (Fsp3) is 0. The smallest absolute Gasteiger partial charge is 0.466 e. The number of rotatable bonds is 4. The third-order valence-corrected chi connectivity index (χ3v) is 3.78. The van der Waals surface area contributed by atoms with Crippen LogP contribution in [0.3, 0.4) is 0 Å². The van der Waals surface area contributed by atoms with Gasteiger partial charge in [0.25, 0.3) is 0 Å². The number of ketones is 1. The van der Waals surface area contributed by atoms with E-state index in [0.29, 0.717) is 27.4 Å². The van der Waals surface area contributed by atoms with Gasteiger partial charge in [-0.1, -0.05) is 23.7 Å². The lowest BCUT2D eigenvalue weighted by molar-refractivity contribution is 0.103. The van der Waals surface area contributed by atoms with Crippen molar-refractivity contribution in [2.75, 3.05) is 0 Å². The summed E-state index contributed by atoms with van der Waals surface area (Å²) in [5, 5.41) is 10.6. The molecule has 0 saturated carbocycles. The monoisotopic (exact) mass is 434 g/mol. The summed E-state index contributed by atoms with van der Waals surface area (Å²) >= 11 is 6.11. The Balaban J connectivity index is 0.000000537. The van der Waals surface area contributed by atoms with E-state index in [1.54, 1.807) is 67.1 Å². The van der Waals surface area contributed by atoms with E-state index in [1.165, 1.54) is 6.08 Å². The van der Waals surface area contributed by atoms with E-state index in [1.807, 2.05) is 0 Å². The molecule has 0 radical (unpaired) electrons. The fourth-order valence-electron chi connectivity index (χ4n) is 2.25. The molecule has 4 N–H and O–H groups in total. The Kier molecular flexibility index (Phi) is 7.78. The van der Waals surface area contributed by atoms with Gasteiger partial charge in [-0.15, -0.1) is 0 Å². The first-order valence-corrected chi connectivity index (χ1v) is 9.94. The Morgan fingerprint density at radius 3 is 2.14 bits per heavy atom. The van der Waals surface area contributed by atoms with Crippen LogP contribution in [0.25, 0.3) is 11.8 Å². The third kappa shape index (κ3) is 7.23. The van der Waals surface area contributed by atoms with Gasteiger partial charge in [0.05, 0.1) is 10.7 Å². The molecule has 2 heterocycles. The minimum Gasteiger partial charge on any atom is -0.507 e. The maximum Gasteiger partial charge on any atom is 0.466 e. The Morgan fingerprint density at radius 2 is 1.52 bits per heavy atom. The van der Waals surface area contributed by atoms with Gasteiger partial charge in [0, 0.05) is 41.4 Å². The quantitative estimate of drug-likeness (QED) is 0.278. The number of carbonyl (C=O) groups is 1. The van der Waals surface area contributed by atoms with Gasteiger partial charge in [0.1, 0.15) is 5.76 Å². The minimum atomic E-state index is -4.64. The van der Waals surface area contributed by atoms with Crippen molar-refractivity contribution in [1.29, 1.82) is 0 Å². The maximum absolute atomic E-state index is 12.8. The first-order chi connectivity index (χ1) is 13.7. The van der Waals surface area contributed by atoms with Crippen molar-refractivity contribution in [3.8, 4) is 0 Å². The van der Waals surface area contributed by atoms with E-state index in [2.05, 4.69) is 9.97 Å². The summed E-state index contributed by atoms with van der Waals surface area (Å²) in [7, 11) is -4.64. The molecular weight excluding hydrogens is 419 g/mol. The predicted molar refractivity (Wildman–Crippen MR) is 108 cm³/mol. The molecule has 0 atom stereocenters. The van der Waals surface area contributed by atoms with E-state index in [4.69, 9.17) is 30.8 Å². The molecule has 3 aromatic rings. The molecule has 0 unspecified atom stereocenters. The molecule has 0 aliphatic rings. The number of hydrogen-bond donors (Lipinski definition) is 4. The van der Waals surface area contributed by atoms with Crippen molar-refractivity contribution in [2.24, 2.45) is 0 Å². The van der Waals surface area contributed by atoms with Gasteiger partial charge >= 0.3 is 7.82 Å². The summed E-state index contributed by atoms with van der Waals surface area (Å²) in [6.07, 6.45) is 6.18. The van der Waals surface area contributed by atoms with Crippen LogP contribution in [-0.2, 0) is 4.57 Å². The van der Waals surface area contributed by atoms with Crippen molar-refractivity contribution in [3.05, 3.63) is 94.5 Å². The zero-order valence-corrected chi connectivity index (χ0v) is 16.4. The molecular formula is C19H16ClN2O6P. The van der Waals surface area contributed by atoms with Crippen molar-refractivity contribution in [3.63, 3.8) is 0 Å². The van der Waals surface area contributed by atoms with Gasteiger partial charge < -0.3 is 19.8 Å². The second-order valence-corrected chi connectivity index (χ2v) is 6.96. The number of carbonyl (C=O) groups excluding carboxylic acids is 1. The van der Waals surface area contributed by atoms with Crippen LogP contribution < -0.4 is 0 Å². The van der Waals surface area contributed by atoms with Crippen LogP contribution >= 0.6 is 19.4 Å². The van der Waals surface area contributed by atoms with Crippen LogP contribution in [0.4, 0.5) is 0 Å². The number of benzene rings is 1. The van der Waals surface area contributed by atoms with Crippen molar-refractivity contribution < 1.29 is 29.1 Å². The van der Waals surface area contributed by atoms with Gasteiger partial charge in [-0.2, -0.15) is 0 Å². The van der Waals surface area contributed by atoms with Gasteiger partial charge in [-0.3, -0.25) is 14.8 Å².